The Morgan fingerprint density at radius 1 is 1.44 bits per heavy atom. The predicted octanol–water partition coefficient (Wildman–Crippen LogP) is 3.84. The van der Waals surface area contributed by atoms with Gasteiger partial charge in [-0.2, -0.15) is 5.10 Å². The van der Waals surface area contributed by atoms with Crippen LogP contribution in [0.2, 0.25) is 10.0 Å². The fraction of sp³-hybridized carbons (Fsp3) is 0.438. The number of ether oxygens (including phenoxy) is 1. The van der Waals surface area contributed by atoms with Crippen LogP contribution in [0.4, 0.5) is 10.5 Å². The van der Waals surface area contributed by atoms with E-state index in [1.165, 1.54) is 0 Å². The van der Waals surface area contributed by atoms with Crippen molar-refractivity contribution in [3.8, 4) is 5.75 Å². The van der Waals surface area contributed by atoms with Crippen molar-refractivity contribution < 1.29 is 9.53 Å². The minimum atomic E-state index is -0.203. The summed E-state index contributed by atoms with van der Waals surface area (Å²) in [5, 5.41) is 10.6. The number of hydrogen-bond acceptors (Lipinski definition) is 4. The van der Waals surface area contributed by atoms with Crippen molar-refractivity contribution in [1.29, 1.82) is 0 Å². The molecule has 0 bridgehead atoms. The molecule has 1 aliphatic heterocycles. The van der Waals surface area contributed by atoms with Crippen molar-refractivity contribution in [1.82, 2.24) is 20.1 Å². The highest BCUT2D eigenvalue weighted by molar-refractivity contribution is 6.37. The highest BCUT2D eigenvalue weighted by Gasteiger charge is 2.30. The van der Waals surface area contributed by atoms with Crippen LogP contribution >= 0.6 is 23.2 Å². The summed E-state index contributed by atoms with van der Waals surface area (Å²) < 4.78 is 5.39. The fourth-order valence-electron chi connectivity index (χ4n) is 2.81. The fourth-order valence-corrected chi connectivity index (χ4v) is 3.41. The van der Waals surface area contributed by atoms with Crippen LogP contribution in [0, 0.1) is 6.92 Å². The second-order valence-electron chi connectivity index (χ2n) is 5.84. The smallest absolute Gasteiger partial charge is 0.321 e. The number of halogens is 2. The summed E-state index contributed by atoms with van der Waals surface area (Å²) in [7, 11) is 0. The molecule has 1 atom stereocenters. The lowest BCUT2D eigenvalue weighted by atomic mass is 10.1. The SMILES string of the molecule is CCOc1c(Cl)cc(NC(=O)N2CCC(c3n[nH]c(C)n3)C2)cc1Cl. The third-order valence-corrected chi connectivity index (χ3v) is 4.55. The molecule has 0 spiro atoms. The van der Waals surface area contributed by atoms with Crippen molar-refractivity contribution in [3.05, 3.63) is 33.8 Å². The van der Waals surface area contributed by atoms with E-state index in [0.717, 1.165) is 18.1 Å². The second kappa shape index (κ2) is 7.49. The van der Waals surface area contributed by atoms with Gasteiger partial charge in [-0.25, -0.2) is 9.78 Å². The molecule has 9 heteroatoms. The van der Waals surface area contributed by atoms with Gasteiger partial charge in [0.25, 0.3) is 0 Å². The summed E-state index contributed by atoms with van der Waals surface area (Å²) >= 11 is 12.3. The Kier molecular flexibility index (Phi) is 5.34. The van der Waals surface area contributed by atoms with Gasteiger partial charge < -0.3 is 15.0 Å². The Bertz CT molecular complexity index is 757. The van der Waals surface area contributed by atoms with Gasteiger partial charge in [0.05, 0.1) is 16.7 Å². The van der Waals surface area contributed by atoms with Crippen LogP contribution in [0.25, 0.3) is 0 Å². The molecule has 25 heavy (non-hydrogen) atoms. The average molecular weight is 384 g/mol. The molecular formula is C16H19Cl2N5O2. The Balaban J connectivity index is 1.65. The summed E-state index contributed by atoms with van der Waals surface area (Å²) in [5.41, 5.74) is 0.528. The number of likely N-dealkylation sites (tertiary alicyclic amines) is 1. The Hall–Kier alpha value is -1.99. The van der Waals surface area contributed by atoms with Crippen molar-refractivity contribution in [2.24, 2.45) is 0 Å². The topological polar surface area (TPSA) is 83.1 Å². The van der Waals surface area contributed by atoms with Crippen molar-refractivity contribution >= 4 is 34.9 Å². The van der Waals surface area contributed by atoms with E-state index in [9.17, 15) is 4.79 Å². The van der Waals surface area contributed by atoms with Crippen LogP contribution in [-0.2, 0) is 0 Å². The number of carbonyl (C=O) groups excluding carboxylic acids is 1. The summed E-state index contributed by atoms with van der Waals surface area (Å²) in [4.78, 5) is 18.6. The van der Waals surface area contributed by atoms with Crippen molar-refractivity contribution in [2.75, 3.05) is 25.0 Å². The zero-order chi connectivity index (χ0) is 18.0. The molecule has 134 valence electrons. The van der Waals surface area contributed by atoms with Gasteiger partial charge in [-0.1, -0.05) is 23.2 Å². The Morgan fingerprint density at radius 2 is 2.16 bits per heavy atom. The highest BCUT2D eigenvalue weighted by atomic mass is 35.5. The molecule has 1 fully saturated rings. The molecule has 2 aromatic rings. The number of anilines is 1. The minimum Gasteiger partial charge on any atom is -0.491 e. The standard InChI is InChI=1S/C16H19Cl2N5O2/c1-3-25-14-12(17)6-11(7-13(14)18)20-16(24)23-5-4-10(8-23)15-19-9(2)21-22-15/h6-7,10H,3-5,8H2,1-2H3,(H,20,24)(H,19,21,22). The van der Waals surface area contributed by atoms with Gasteiger partial charge in [-0.05, 0) is 32.4 Å². The maximum atomic E-state index is 12.5. The quantitative estimate of drug-likeness (QED) is 0.839. The summed E-state index contributed by atoms with van der Waals surface area (Å²) in [6.45, 7) is 5.38. The molecule has 0 aliphatic carbocycles. The average Bonchev–Trinajstić information content (AvgIpc) is 3.19. The number of nitrogens with one attached hydrogen (secondary N) is 2. The number of nitrogens with zero attached hydrogens (tertiary/aromatic N) is 3. The van der Waals surface area contributed by atoms with Gasteiger partial charge in [0.15, 0.2) is 11.6 Å². The first-order valence-corrected chi connectivity index (χ1v) is 8.80. The van der Waals surface area contributed by atoms with Gasteiger partial charge in [-0.15, -0.1) is 0 Å². The second-order valence-corrected chi connectivity index (χ2v) is 6.66. The van der Waals surface area contributed by atoms with Gasteiger partial charge in [0.2, 0.25) is 0 Å². The highest BCUT2D eigenvalue weighted by Crippen LogP contribution is 2.36. The largest absolute Gasteiger partial charge is 0.491 e. The van der Waals surface area contributed by atoms with E-state index in [1.54, 1.807) is 17.0 Å². The normalized spacial score (nSPS) is 17.0. The summed E-state index contributed by atoms with van der Waals surface area (Å²) in [6, 6.07) is 3.05. The zero-order valence-corrected chi connectivity index (χ0v) is 15.5. The maximum Gasteiger partial charge on any atom is 0.321 e. The number of amides is 2. The number of rotatable bonds is 4. The minimum absolute atomic E-state index is 0.142. The van der Waals surface area contributed by atoms with Crippen LogP contribution in [-0.4, -0.2) is 45.8 Å². The number of benzene rings is 1. The van der Waals surface area contributed by atoms with Gasteiger partial charge >= 0.3 is 6.03 Å². The maximum absolute atomic E-state index is 12.5. The van der Waals surface area contributed by atoms with Crippen LogP contribution in [0.5, 0.6) is 5.75 Å². The van der Waals surface area contributed by atoms with E-state index in [2.05, 4.69) is 20.5 Å². The first-order valence-electron chi connectivity index (χ1n) is 8.04. The molecule has 1 unspecified atom stereocenters. The number of hydrogen-bond donors (Lipinski definition) is 2. The number of aryl methyl sites for hydroxylation is 1. The van der Waals surface area contributed by atoms with Crippen molar-refractivity contribution in [3.63, 3.8) is 0 Å². The van der Waals surface area contributed by atoms with Gasteiger partial charge in [0.1, 0.15) is 5.82 Å². The summed E-state index contributed by atoms with van der Waals surface area (Å²) in [5.74, 6) is 2.09. The molecule has 7 nitrogen and oxygen atoms in total. The zero-order valence-electron chi connectivity index (χ0n) is 14.0. The van der Waals surface area contributed by atoms with Gasteiger partial charge in [0, 0.05) is 24.7 Å². The lowest BCUT2D eigenvalue weighted by Gasteiger charge is -2.18. The lowest BCUT2D eigenvalue weighted by Crippen LogP contribution is -2.32. The molecule has 2 amide bonds. The molecule has 2 N–H and O–H groups in total. The first kappa shape index (κ1) is 17.8. The molecule has 0 saturated carbocycles. The van der Waals surface area contributed by atoms with E-state index >= 15 is 0 Å². The van der Waals surface area contributed by atoms with Crippen LogP contribution in [0.1, 0.15) is 30.9 Å². The Labute approximate surface area is 155 Å². The molecule has 1 saturated heterocycles. The van der Waals surface area contributed by atoms with Crippen LogP contribution < -0.4 is 10.1 Å². The first-order chi connectivity index (χ1) is 12.0. The predicted molar refractivity (Wildman–Crippen MR) is 96.7 cm³/mol. The Morgan fingerprint density at radius 3 is 2.76 bits per heavy atom. The monoisotopic (exact) mass is 383 g/mol. The third kappa shape index (κ3) is 3.99. The molecule has 0 radical (unpaired) electrons. The molecule has 2 heterocycles. The number of aromatic amines is 1. The van der Waals surface area contributed by atoms with Crippen LogP contribution in [0.3, 0.4) is 0 Å². The number of H-pyrrole nitrogens is 1. The molecular weight excluding hydrogens is 365 g/mol. The number of aromatic nitrogens is 3. The third-order valence-electron chi connectivity index (χ3n) is 3.99. The number of urea groups is 1. The molecule has 1 aliphatic rings. The van der Waals surface area contributed by atoms with Crippen molar-refractivity contribution in [2.45, 2.75) is 26.2 Å². The molecule has 3 rings (SSSR count). The van der Waals surface area contributed by atoms with E-state index in [4.69, 9.17) is 27.9 Å². The lowest BCUT2D eigenvalue weighted by molar-refractivity contribution is 0.222. The van der Waals surface area contributed by atoms with E-state index in [-0.39, 0.29) is 11.9 Å². The van der Waals surface area contributed by atoms with E-state index in [1.807, 2.05) is 13.8 Å². The van der Waals surface area contributed by atoms with E-state index in [0.29, 0.717) is 41.2 Å². The number of carbonyl (C=O) groups is 1. The van der Waals surface area contributed by atoms with Crippen LogP contribution in [0.15, 0.2) is 12.1 Å². The van der Waals surface area contributed by atoms with E-state index < -0.39 is 0 Å². The summed E-state index contributed by atoms with van der Waals surface area (Å²) in [6.07, 6.45) is 0.829. The molecule has 1 aromatic heterocycles. The van der Waals surface area contributed by atoms with Gasteiger partial charge in [-0.3, -0.25) is 5.10 Å². The molecule has 1 aromatic carbocycles.